The highest BCUT2D eigenvalue weighted by Gasteiger charge is 2.21. The number of likely N-dealkylation sites (N-methyl/N-ethyl adjacent to an activating group) is 1. The molecule has 18 heavy (non-hydrogen) atoms. The first-order valence-corrected chi connectivity index (χ1v) is 6.62. The number of amides is 1. The van der Waals surface area contributed by atoms with Crippen molar-refractivity contribution in [1.82, 2.24) is 10.2 Å². The number of anilines is 2. The van der Waals surface area contributed by atoms with Crippen LogP contribution >= 0.6 is 11.3 Å². The average Bonchev–Trinajstić information content (AvgIpc) is 2.67. The van der Waals surface area contributed by atoms with Crippen molar-refractivity contribution in [3.05, 3.63) is 10.9 Å². The normalized spacial score (nSPS) is 11.7. The van der Waals surface area contributed by atoms with Crippen molar-refractivity contribution < 1.29 is 4.79 Å². The summed E-state index contributed by atoms with van der Waals surface area (Å²) in [5, 5.41) is 6.82. The van der Waals surface area contributed by atoms with E-state index in [4.69, 9.17) is 5.73 Å². The number of hydrogen-bond donors (Lipinski definition) is 3. The molecule has 5 nitrogen and oxygen atoms in total. The molecule has 4 N–H and O–H groups in total. The molecule has 6 heteroatoms. The van der Waals surface area contributed by atoms with Crippen LogP contribution in [0.3, 0.4) is 0 Å². The Bertz CT molecular complexity index is 426. The second-order valence-electron chi connectivity index (χ2n) is 5.03. The number of carbonyl (C=O) groups excluding carboxylic acids is 1. The number of nitrogens with two attached hydrogens (primary N) is 1. The zero-order valence-electron chi connectivity index (χ0n) is 11.6. The third-order valence-electron chi connectivity index (χ3n) is 3.10. The van der Waals surface area contributed by atoms with E-state index in [1.54, 1.807) is 13.1 Å². The SMILES string of the molecule is CNC(=O)c1sc(NCC(C)(C)N(C)C)cc1N. The molecule has 0 aliphatic heterocycles. The van der Waals surface area contributed by atoms with Crippen molar-refractivity contribution in [2.24, 2.45) is 0 Å². The van der Waals surface area contributed by atoms with Gasteiger partial charge >= 0.3 is 0 Å². The molecule has 0 spiro atoms. The minimum absolute atomic E-state index is 0.0337. The molecule has 0 bridgehead atoms. The predicted octanol–water partition coefficient (Wildman–Crippen LogP) is 1.44. The fourth-order valence-electron chi connectivity index (χ4n) is 1.24. The minimum Gasteiger partial charge on any atom is -0.397 e. The van der Waals surface area contributed by atoms with E-state index in [1.807, 2.05) is 14.1 Å². The molecule has 0 fully saturated rings. The molecule has 0 atom stereocenters. The van der Waals surface area contributed by atoms with Crippen LogP contribution in [-0.2, 0) is 0 Å². The topological polar surface area (TPSA) is 70.4 Å². The van der Waals surface area contributed by atoms with Gasteiger partial charge in [0.2, 0.25) is 0 Å². The van der Waals surface area contributed by atoms with E-state index in [-0.39, 0.29) is 11.4 Å². The molecule has 0 aliphatic rings. The largest absolute Gasteiger partial charge is 0.397 e. The summed E-state index contributed by atoms with van der Waals surface area (Å²) in [6.07, 6.45) is 0. The van der Waals surface area contributed by atoms with Gasteiger partial charge in [-0.2, -0.15) is 0 Å². The maximum Gasteiger partial charge on any atom is 0.263 e. The fourth-order valence-corrected chi connectivity index (χ4v) is 2.17. The molecule has 1 heterocycles. The number of nitrogens with zero attached hydrogens (tertiary/aromatic N) is 1. The van der Waals surface area contributed by atoms with Gasteiger partial charge in [-0.05, 0) is 34.0 Å². The van der Waals surface area contributed by atoms with Gasteiger partial charge in [-0.1, -0.05) is 0 Å². The molecular weight excluding hydrogens is 248 g/mol. The minimum atomic E-state index is -0.141. The summed E-state index contributed by atoms with van der Waals surface area (Å²) in [7, 11) is 5.69. The maximum atomic E-state index is 11.5. The van der Waals surface area contributed by atoms with Crippen molar-refractivity contribution in [1.29, 1.82) is 0 Å². The van der Waals surface area contributed by atoms with Gasteiger partial charge in [0.05, 0.1) is 10.7 Å². The third kappa shape index (κ3) is 3.36. The number of nitrogen functional groups attached to an aromatic ring is 1. The van der Waals surface area contributed by atoms with Gasteiger partial charge in [-0.3, -0.25) is 4.79 Å². The van der Waals surface area contributed by atoms with Crippen LogP contribution < -0.4 is 16.4 Å². The van der Waals surface area contributed by atoms with Crippen molar-refractivity contribution in [2.45, 2.75) is 19.4 Å². The molecule has 1 rings (SSSR count). The molecule has 0 unspecified atom stereocenters. The highest BCUT2D eigenvalue weighted by Crippen LogP contribution is 2.29. The summed E-state index contributed by atoms with van der Waals surface area (Å²) in [6, 6.07) is 1.81. The van der Waals surface area contributed by atoms with Crippen molar-refractivity contribution in [3.63, 3.8) is 0 Å². The van der Waals surface area contributed by atoms with E-state index in [2.05, 4.69) is 29.4 Å². The van der Waals surface area contributed by atoms with E-state index in [1.165, 1.54) is 11.3 Å². The molecule has 0 radical (unpaired) electrons. The monoisotopic (exact) mass is 270 g/mol. The molecule has 1 aromatic heterocycles. The lowest BCUT2D eigenvalue weighted by Gasteiger charge is -2.32. The number of hydrogen-bond acceptors (Lipinski definition) is 5. The van der Waals surface area contributed by atoms with Crippen molar-refractivity contribution in [2.75, 3.05) is 38.7 Å². The zero-order valence-corrected chi connectivity index (χ0v) is 12.4. The van der Waals surface area contributed by atoms with Crippen LogP contribution in [0.1, 0.15) is 23.5 Å². The molecule has 0 saturated heterocycles. The summed E-state index contributed by atoms with van der Waals surface area (Å²) in [6.45, 7) is 5.08. The first kappa shape index (κ1) is 14.8. The summed E-state index contributed by atoms with van der Waals surface area (Å²) < 4.78 is 0. The van der Waals surface area contributed by atoms with Crippen LogP contribution in [0.15, 0.2) is 6.07 Å². The second kappa shape index (κ2) is 5.58. The molecular formula is C12H22N4OS. The first-order valence-electron chi connectivity index (χ1n) is 5.80. The zero-order chi connectivity index (χ0) is 13.9. The third-order valence-corrected chi connectivity index (χ3v) is 4.21. The van der Waals surface area contributed by atoms with Crippen LogP contribution in [0.25, 0.3) is 0 Å². The molecule has 0 aliphatic carbocycles. The van der Waals surface area contributed by atoms with Crippen molar-refractivity contribution >= 4 is 27.9 Å². The molecule has 0 saturated carbocycles. The smallest absolute Gasteiger partial charge is 0.263 e. The molecule has 0 aromatic carbocycles. The summed E-state index contributed by atoms with van der Waals surface area (Å²) in [5.41, 5.74) is 6.37. The number of rotatable bonds is 5. The van der Waals surface area contributed by atoms with Gasteiger partial charge in [0, 0.05) is 19.1 Å². The van der Waals surface area contributed by atoms with E-state index in [0.717, 1.165) is 11.5 Å². The number of carbonyl (C=O) groups is 1. The van der Waals surface area contributed by atoms with Gasteiger partial charge in [0.1, 0.15) is 4.88 Å². The Labute approximate surface area is 112 Å². The Balaban J connectivity index is 2.73. The standard InChI is InChI=1S/C12H22N4OS/c1-12(2,16(4)5)7-15-9-6-8(13)10(18-9)11(17)14-3/h6,15H,7,13H2,1-5H3,(H,14,17). The first-order chi connectivity index (χ1) is 8.27. The maximum absolute atomic E-state index is 11.5. The Hall–Kier alpha value is -1.27. The molecule has 1 aromatic rings. The van der Waals surface area contributed by atoms with Crippen LogP contribution in [0.5, 0.6) is 0 Å². The van der Waals surface area contributed by atoms with E-state index < -0.39 is 0 Å². The lowest BCUT2D eigenvalue weighted by molar-refractivity contribution is 0.0968. The quantitative estimate of drug-likeness (QED) is 0.757. The number of thiophene rings is 1. The van der Waals surface area contributed by atoms with Crippen molar-refractivity contribution in [3.8, 4) is 0 Å². The van der Waals surface area contributed by atoms with Crippen LogP contribution in [0.2, 0.25) is 0 Å². The van der Waals surface area contributed by atoms with Gasteiger partial charge in [0.25, 0.3) is 5.91 Å². The lowest BCUT2D eigenvalue weighted by Crippen LogP contribution is -2.44. The average molecular weight is 270 g/mol. The van der Waals surface area contributed by atoms with E-state index >= 15 is 0 Å². The number of nitrogens with one attached hydrogen (secondary N) is 2. The summed E-state index contributed by atoms with van der Waals surface area (Å²) in [5.74, 6) is -0.141. The van der Waals surface area contributed by atoms with Gasteiger partial charge in [0.15, 0.2) is 0 Å². The Kier molecular flexibility index (Phi) is 4.59. The Morgan fingerprint density at radius 1 is 1.50 bits per heavy atom. The van der Waals surface area contributed by atoms with Crippen LogP contribution in [0, 0.1) is 0 Å². The summed E-state index contributed by atoms with van der Waals surface area (Å²) >= 11 is 1.38. The molecule has 1 amide bonds. The Morgan fingerprint density at radius 2 is 2.11 bits per heavy atom. The van der Waals surface area contributed by atoms with E-state index in [0.29, 0.717) is 10.6 Å². The van der Waals surface area contributed by atoms with Crippen LogP contribution in [-0.4, -0.2) is 44.0 Å². The molecule has 102 valence electrons. The second-order valence-corrected chi connectivity index (χ2v) is 6.09. The van der Waals surface area contributed by atoms with Gasteiger partial charge < -0.3 is 21.3 Å². The fraction of sp³-hybridized carbons (Fsp3) is 0.583. The van der Waals surface area contributed by atoms with Gasteiger partial charge in [-0.25, -0.2) is 0 Å². The predicted molar refractivity (Wildman–Crippen MR) is 78.4 cm³/mol. The van der Waals surface area contributed by atoms with Crippen LogP contribution in [0.4, 0.5) is 10.7 Å². The Morgan fingerprint density at radius 3 is 2.61 bits per heavy atom. The van der Waals surface area contributed by atoms with Gasteiger partial charge in [-0.15, -0.1) is 11.3 Å². The highest BCUT2D eigenvalue weighted by atomic mass is 32.1. The summed E-state index contributed by atoms with van der Waals surface area (Å²) in [4.78, 5) is 14.2. The van der Waals surface area contributed by atoms with E-state index in [9.17, 15) is 4.79 Å². The lowest BCUT2D eigenvalue weighted by atomic mass is 10.0. The highest BCUT2D eigenvalue weighted by molar-refractivity contribution is 7.18.